The zero-order valence-electron chi connectivity index (χ0n) is 15.3. The molecule has 4 heteroatoms. The van der Waals surface area contributed by atoms with Gasteiger partial charge in [0.1, 0.15) is 0 Å². The Bertz CT molecular complexity index is 636. The van der Waals surface area contributed by atoms with Crippen LogP contribution in [0.2, 0.25) is 0 Å². The third-order valence-corrected chi connectivity index (χ3v) is 5.02. The second-order valence-electron chi connectivity index (χ2n) is 7.18. The normalized spacial score (nSPS) is 15.6. The summed E-state index contributed by atoms with van der Waals surface area (Å²) in [6.45, 7) is 1.87. The van der Waals surface area contributed by atoms with Gasteiger partial charge in [-0.2, -0.15) is 5.10 Å². The Hall–Kier alpha value is -1.81. The molecule has 1 fully saturated rings. The molecule has 130 valence electrons. The van der Waals surface area contributed by atoms with Gasteiger partial charge in [-0.15, -0.1) is 0 Å². The van der Waals surface area contributed by atoms with Crippen molar-refractivity contribution in [2.75, 3.05) is 26.0 Å². The minimum atomic E-state index is 0.779. The molecule has 1 aromatic carbocycles. The van der Waals surface area contributed by atoms with Crippen molar-refractivity contribution in [3.8, 4) is 11.3 Å². The molecule has 1 aliphatic carbocycles. The molecule has 0 saturated heterocycles. The van der Waals surface area contributed by atoms with Crippen molar-refractivity contribution in [2.45, 2.75) is 45.2 Å². The predicted octanol–water partition coefficient (Wildman–Crippen LogP) is 3.92. The topological polar surface area (TPSA) is 33.1 Å². The lowest BCUT2D eigenvalue weighted by Crippen LogP contribution is -2.16. The zero-order valence-corrected chi connectivity index (χ0v) is 15.3. The van der Waals surface area contributed by atoms with Gasteiger partial charge in [0.05, 0.1) is 11.4 Å². The minimum Gasteiger partial charge on any atom is -0.378 e. The SMILES string of the molecule is CNCc1cc(-c2ccc(N(C)C)cc2)n(CC2CCCCC2)n1. The van der Waals surface area contributed by atoms with Crippen LogP contribution in [0.3, 0.4) is 0 Å². The van der Waals surface area contributed by atoms with E-state index in [1.165, 1.54) is 49.0 Å². The van der Waals surface area contributed by atoms with Gasteiger partial charge in [-0.1, -0.05) is 31.4 Å². The summed E-state index contributed by atoms with van der Waals surface area (Å²) in [5.41, 5.74) is 4.86. The Labute approximate surface area is 145 Å². The van der Waals surface area contributed by atoms with Crippen LogP contribution in [0, 0.1) is 5.92 Å². The molecule has 1 N–H and O–H groups in total. The summed E-state index contributed by atoms with van der Waals surface area (Å²) in [6.07, 6.45) is 6.85. The number of anilines is 1. The van der Waals surface area contributed by atoms with Gasteiger partial charge < -0.3 is 10.2 Å². The molecule has 0 amide bonds. The molecule has 1 saturated carbocycles. The molecular weight excluding hydrogens is 296 g/mol. The Morgan fingerprint density at radius 3 is 2.46 bits per heavy atom. The van der Waals surface area contributed by atoms with Gasteiger partial charge in [0.2, 0.25) is 0 Å². The molecule has 0 atom stereocenters. The summed E-state index contributed by atoms with van der Waals surface area (Å²) >= 11 is 0. The summed E-state index contributed by atoms with van der Waals surface area (Å²) < 4.78 is 2.24. The first-order valence-corrected chi connectivity index (χ1v) is 9.16. The third-order valence-electron chi connectivity index (χ3n) is 5.02. The lowest BCUT2D eigenvalue weighted by atomic mass is 9.89. The Balaban J connectivity index is 1.86. The fourth-order valence-corrected chi connectivity index (χ4v) is 3.65. The maximum absolute atomic E-state index is 4.87. The van der Waals surface area contributed by atoms with E-state index in [9.17, 15) is 0 Å². The first kappa shape index (κ1) is 17.0. The molecule has 0 radical (unpaired) electrons. The summed E-state index contributed by atoms with van der Waals surface area (Å²) in [5, 5.41) is 8.09. The fourth-order valence-electron chi connectivity index (χ4n) is 3.65. The number of aromatic nitrogens is 2. The van der Waals surface area contributed by atoms with Gasteiger partial charge in [0, 0.05) is 32.9 Å². The van der Waals surface area contributed by atoms with Crippen LogP contribution in [0.4, 0.5) is 5.69 Å². The van der Waals surface area contributed by atoms with Crippen molar-refractivity contribution in [1.29, 1.82) is 0 Å². The molecule has 1 heterocycles. The van der Waals surface area contributed by atoms with Crippen LogP contribution in [0.25, 0.3) is 11.3 Å². The van der Waals surface area contributed by atoms with E-state index >= 15 is 0 Å². The average molecular weight is 326 g/mol. The van der Waals surface area contributed by atoms with Crippen molar-refractivity contribution in [3.05, 3.63) is 36.0 Å². The number of nitrogens with one attached hydrogen (secondary N) is 1. The lowest BCUT2D eigenvalue weighted by molar-refractivity contribution is 0.309. The van der Waals surface area contributed by atoms with Crippen LogP contribution in [0.5, 0.6) is 0 Å². The van der Waals surface area contributed by atoms with Crippen LogP contribution in [-0.2, 0) is 13.1 Å². The van der Waals surface area contributed by atoms with Crippen molar-refractivity contribution in [3.63, 3.8) is 0 Å². The van der Waals surface area contributed by atoms with E-state index in [1.807, 2.05) is 7.05 Å². The van der Waals surface area contributed by atoms with Gasteiger partial charge in [-0.05, 0) is 49.6 Å². The number of benzene rings is 1. The Kier molecular flexibility index (Phi) is 5.56. The molecular formula is C20H30N4. The molecule has 24 heavy (non-hydrogen) atoms. The van der Waals surface area contributed by atoms with E-state index in [0.29, 0.717) is 0 Å². The monoisotopic (exact) mass is 326 g/mol. The number of nitrogens with zero attached hydrogens (tertiary/aromatic N) is 3. The first-order valence-electron chi connectivity index (χ1n) is 9.16. The molecule has 0 spiro atoms. The van der Waals surface area contributed by atoms with Crippen molar-refractivity contribution in [2.24, 2.45) is 5.92 Å². The zero-order chi connectivity index (χ0) is 16.9. The van der Waals surface area contributed by atoms with Crippen molar-refractivity contribution < 1.29 is 0 Å². The van der Waals surface area contributed by atoms with E-state index < -0.39 is 0 Å². The summed E-state index contributed by atoms with van der Waals surface area (Å²) in [7, 11) is 6.13. The molecule has 1 aromatic heterocycles. The molecule has 0 unspecified atom stereocenters. The number of rotatable bonds is 6. The number of hydrogen-bond acceptors (Lipinski definition) is 3. The molecule has 2 aromatic rings. The smallest absolute Gasteiger partial charge is 0.0768 e. The van der Waals surface area contributed by atoms with Gasteiger partial charge in [0.15, 0.2) is 0 Å². The Morgan fingerprint density at radius 1 is 1.12 bits per heavy atom. The van der Waals surface area contributed by atoms with Crippen molar-refractivity contribution >= 4 is 5.69 Å². The largest absolute Gasteiger partial charge is 0.378 e. The van der Waals surface area contributed by atoms with Gasteiger partial charge in [-0.3, -0.25) is 4.68 Å². The molecule has 3 rings (SSSR count). The quantitative estimate of drug-likeness (QED) is 0.873. The maximum atomic E-state index is 4.87. The summed E-state index contributed by atoms with van der Waals surface area (Å²) in [6, 6.07) is 11.0. The summed E-state index contributed by atoms with van der Waals surface area (Å²) in [4.78, 5) is 2.13. The highest BCUT2D eigenvalue weighted by Crippen LogP contribution is 2.28. The van der Waals surface area contributed by atoms with Crippen molar-refractivity contribution in [1.82, 2.24) is 15.1 Å². The van der Waals surface area contributed by atoms with E-state index in [4.69, 9.17) is 5.10 Å². The van der Waals surface area contributed by atoms with E-state index in [2.05, 4.69) is 59.3 Å². The fraction of sp³-hybridized carbons (Fsp3) is 0.550. The standard InChI is InChI=1S/C20H30N4/c1-21-14-18-13-20(17-9-11-19(12-10-17)23(2)3)24(22-18)15-16-7-5-4-6-8-16/h9-13,16,21H,4-8,14-15H2,1-3H3. The third kappa shape index (κ3) is 3.99. The van der Waals surface area contributed by atoms with Gasteiger partial charge >= 0.3 is 0 Å². The number of hydrogen-bond donors (Lipinski definition) is 1. The molecule has 0 bridgehead atoms. The van der Waals surface area contributed by atoms with Crippen LogP contribution < -0.4 is 10.2 Å². The predicted molar refractivity (Wildman–Crippen MR) is 101 cm³/mol. The van der Waals surface area contributed by atoms with Gasteiger partial charge in [0.25, 0.3) is 0 Å². The second kappa shape index (κ2) is 7.84. The minimum absolute atomic E-state index is 0.779. The van der Waals surface area contributed by atoms with Crippen LogP contribution in [0.1, 0.15) is 37.8 Å². The average Bonchev–Trinajstić information content (AvgIpc) is 2.98. The first-order chi connectivity index (χ1) is 11.7. The van der Waals surface area contributed by atoms with E-state index in [0.717, 1.165) is 24.7 Å². The highest BCUT2D eigenvalue weighted by atomic mass is 15.3. The van der Waals surface area contributed by atoms with Gasteiger partial charge in [-0.25, -0.2) is 0 Å². The Morgan fingerprint density at radius 2 is 1.83 bits per heavy atom. The second-order valence-corrected chi connectivity index (χ2v) is 7.18. The maximum Gasteiger partial charge on any atom is 0.0768 e. The molecule has 0 aliphatic heterocycles. The van der Waals surface area contributed by atoms with Crippen LogP contribution in [-0.4, -0.2) is 30.9 Å². The molecule has 4 nitrogen and oxygen atoms in total. The van der Waals surface area contributed by atoms with Crippen LogP contribution in [0.15, 0.2) is 30.3 Å². The van der Waals surface area contributed by atoms with E-state index in [1.54, 1.807) is 0 Å². The highest BCUT2D eigenvalue weighted by Gasteiger charge is 2.17. The van der Waals surface area contributed by atoms with Crippen LogP contribution >= 0.6 is 0 Å². The van der Waals surface area contributed by atoms with E-state index in [-0.39, 0.29) is 0 Å². The summed E-state index contributed by atoms with van der Waals surface area (Å²) in [5.74, 6) is 0.779. The lowest BCUT2D eigenvalue weighted by Gasteiger charge is -2.22. The molecule has 1 aliphatic rings. The highest BCUT2D eigenvalue weighted by molar-refractivity contribution is 5.63.